The molecule has 21 heavy (non-hydrogen) atoms. The van der Waals surface area contributed by atoms with Gasteiger partial charge in [-0.2, -0.15) is 5.10 Å². The molecule has 0 aromatic carbocycles. The van der Waals surface area contributed by atoms with E-state index in [4.69, 9.17) is 4.74 Å². The predicted molar refractivity (Wildman–Crippen MR) is 88.4 cm³/mol. The average molecular weight is 359 g/mol. The van der Waals surface area contributed by atoms with Gasteiger partial charge in [0.1, 0.15) is 0 Å². The second-order valence-corrected chi connectivity index (χ2v) is 6.70. The van der Waals surface area contributed by atoms with Crippen molar-refractivity contribution in [2.24, 2.45) is 13.0 Å². The number of methoxy groups -OCH3 is 1. The van der Waals surface area contributed by atoms with Gasteiger partial charge in [-0.3, -0.25) is 9.58 Å². The third kappa shape index (κ3) is 4.77. The zero-order valence-corrected chi connectivity index (χ0v) is 14.9. The van der Waals surface area contributed by atoms with Gasteiger partial charge < -0.3 is 10.1 Å². The fourth-order valence-electron chi connectivity index (χ4n) is 3.01. The molecule has 1 aromatic rings. The summed E-state index contributed by atoms with van der Waals surface area (Å²) in [6.45, 7) is 8.20. The van der Waals surface area contributed by atoms with Crippen LogP contribution in [0.2, 0.25) is 0 Å². The summed E-state index contributed by atoms with van der Waals surface area (Å²) in [4.78, 5) is 2.55. The zero-order valence-electron chi connectivity index (χ0n) is 13.4. The summed E-state index contributed by atoms with van der Waals surface area (Å²) in [6, 6.07) is 0. The van der Waals surface area contributed by atoms with Gasteiger partial charge in [-0.25, -0.2) is 0 Å². The molecule has 0 bridgehead atoms. The molecule has 1 fully saturated rings. The summed E-state index contributed by atoms with van der Waals surface area (Å²) in [5.74, 6) is 0.740. The normalized spacial score (nSPS) is 20.1. The van der Waals surface area contributed by atoms with E-state index in [1.54, 1.807) is 7.11 Å². The van der Waals surface area contributed by atoms with Crippen molar-refractivity contribution in [1.29, 1.82) is 0 Å². The lowest BCUT2D eigenvalue weighted by molar-refractivity contribution is 0.156. The highest BCUT2D eigenvalue weighted by molar-refractivity contribution is 9.10. The summed E-state index contributed by atoms with van der Waals surface area (Å²) < 4.78 is 8.23. The number of nitrogens with one attached hydrogen (secondary N) is 1. The number of halogens is 1. The van der Waals surface area contributed by atoms with Crippen molar-refractivity contribution < 1.29 is 4.74 Å². The number of nitrogens with zero attached hydrogens (tertiary/aromatic N) is 3. The summed E-state index contributed by atoms with van der Waals surface area (Å²) >= 11 is 3.67. The quantitative estimate of drug-likeness (QED) is 0.756. The zero-order chi connectivity index (χ0) is 15.2. The lowest BCUT2D eigenvalue weighted by Crippen LogP contribution is -2.40. The molecule has 1 aromatic heterocycles. The molecule has 0 saturated carbocycles. The first-order valence-electron chi connectivity index (χ1n) is 7.71. The highest BCUT2D eigenvalue weighted by Crippen LogP contribution is 2.24. The fourth-order valence-corrected chi connectivity index (χ4v) is 3.47. The van der Waals surface area contributed by atoms with Gasteiger partial charge in [-0.1, -0.05) is 0 Å². The highest BCUT2D eigenvalue weighted by atomic mass is 79.9. The van der Waals surface area contributed by atoms with E-state index < -0.39 is 0 Å². The van der Waals surface area contributed by atoms with Crippen molar-refractivity contribution in [2.75, 3.05) is 39.9 Å². The standard InChI is InChI=1S/C15H27BrN4O/c1-12-15(16)14(19(2)18-12)11-20-7-4-5-13(10-20)9-17-6-8-21-3/h13,17H,4-11H2,1-3H3. The van der Waals surface area contributed by atoms with Crippen molar-refractivity contribution in [3.05, 3.63) is 15.9 Å². The van der Waals surface area contributed by atoms with Crippen LogP contribution in [0.25, 0.3) is 0 Å². The fraction of sp³-hybridized carbons (Fsp3) is 0.800. The van der Waals surface area contributed by atoms with E-state index in [0.717, 1.165) is 48.9 Å². The maximum atomic E-state index is 5.07. The Morgan fingerprint density at radius 2 is 2.29 bits per heavy atom. The molecule has 1 aliphatic heterocycles. The van der Waals surface area contributed by atoms with E-state index in [1.807, 2.05) is 18.7 Å². The van der Waals surface area contributed by atoms with Crippen molar-refractivity contribution in [1.82, 2.24) is 20.0 Å². The average Bonchev–Trinajstić information content (AvgIpc) is 2.71. The third-order valence-corrected chi connectivity index (χ3v) is 5.19. The van der Waals surface area contributed by atoms with Crippen LogP contribution in [0.4, 0.5) is 0 Å². The Labute approximate surface area is 136 Å². The van der Waals surface area contributed by atoms with Crippen molar-refractivity contribution in [2.45, 2.75) is 26.3 Å². The molecule has 0 radical (unpaired) electrons. The van der Waals surface area contributed by atoms with E-state index in [-0.39, 0.29) is 0 Å². The van der Waals surface area contributed by atoms with Gasteiger partial charge in [-0.05, 0) is 54.7 Å². The van der Waals surface area contributed by atoms with Crippen LogP contribution in [0.5, 0.6) is 0 Å². The molecule has 5 nitrogen and oxygen atoms in total. The lowest BCUT2D eigenvalue weighted by atomic mass is 9.98. The van der Waals surface area contributed by atoms with Crippen LogP contribution in [0.15, 0.2) is 4.47 Å². The maximum Gasteiger partial charge on any atom is 0.0739 e. The van der Waals surface area contributed by atoms with Crippen molar-refractivity contribution in [3.63, 3.8) is 0 Å². The van der Waals surface area contributed by atoms with Gasteiger partial charge in [0.15, 0.2) is 0 Å². The monoisotopic (exact) mass is 358 g/mol. The van der Waals surface area contributed by atoms with Gasteiger partial charge >= 0.3 is 0 Å². The van der Waals surface area contributed by atoms with E-state index in [0.29, 0.717) is 0 Å². The summed E-state index contributed by atoms with van der Waals surface area (Å²) in [7, 11) is 3.78. The van der Waals surface area contributed by atoms with Crippen LogP contribution < -0.4 is 5.32 Å². The summed E-state index contributed by atoms with van der Waals surface area (Å²) in [5.41, 5.74) is 2.35. The SMILES string of the molecule is COCCNCC1CCCN(Cc2c(Br)c(C)nn2C)C1. The van der Waals surface area contributed by atoms with E-state index in [9.17, 15) is 0 Å². The molecule has 1 saturated heterocycles. The minimum Gasteiger partial charge on any atom is -0.383 e. The molecule has 1 atom stereocenters. The second-order valence-electron chi connectivity index (χ2n) is 5.91. The molecule has 120 valence electrons. The molecule has 2 heterocycles. The van der Waals surface area contributed by atoms with Crippen molar-refractivity contribution >= 4 is 15.9 Å². The largest absolute Gasteiger partial charge is 0.383 e. The van der Waals surface area contributed by atoms with Gasteiger partial charge in [-0.15, -0.1) is 0 Å². The Balaban J connectivity index is 1.83. The van der Waals surface area contributed by atoms with Gasteiger partial charge in [0.05, 0.1) is 22.5 Å². The molecule has 1 unspecified atom stereocenters. The van der Waals surface area contributed by atoms with Crippen LogP contribution in [0, 0.1) is 12.8 Å². The molecule has 1 aliphatic rings. The third-order valence-electron chi connectivity index (χ3n) is 4.15. The van der Waals surface area contributed by atoms with E-state index >= 15 is 0 Å². The number of ether oxygens (including phenoxy) is 1. The van der Waals surface area contributed by atoms with Gasteiger partial charge in [0.2, 0.25) is 0 Å². The van der Waals surface area contributed by atoms with Crippen LogP contribution in [0.1, 0.15) is 24.2 Å². The molecule has 0 aliphatic carbocycles. The first kappa shape index (κ1) is 16.9. The number of rotatable bonds is 7. The van der Waals surface area contributed by atoms with Gasteiger partial charge in [0, 0.05) is 33.8 Å². The number of aromatic nitrogens is 2. The Hall–Kier alpha value is -0.430. The molecular formula is C15H27BrN4O. The Morgan fingerprint density at radius 3 is 2.95 bits per heavy atom. The van der Waals surface area contributed by atoms with Crippen LogP contribution in [0.3, 0.4) is 0 Å². The summed E-state index contributed by atoms with van der Waals surface area (Å²) in [6.07, 6.45) is 2.60. The van der Waals surface area contributed by atoms with Crippen LogP contribution in [-0.4, -0.2) is 54.6 Å². The molecule has 2 rings (SSSR count). The molecule has 1 N–H and O–H groups in total. The minimum atomic E-state index is 0.740. The second kappa shape index (κ2) is 8.27. The van der Waals surface area contributed by atoms with Gasteiger partial charge in [0.25, 0.3) is 0 Å². The first-order valence-corrected chi connectivity index (χ1v) is 8.51. The molecule has 6 heteroatoms. The number of piperidine rings is 1. The Morgan fingerprint density at radius 1 is 1.48 bits per heavy atom. The predicted octanol–water partition coefficient (Wildman–Crippen LogP) is 1.94. The van der Waals surface area contributed by atoms with Crippen LogP contribution >= 0.6 is 15.9 Å². The molecule has 0 spiro atoms. The number of aryl methyl sites for hydroxylation is 2. The number of hydrogen-bond acceptors (Lipinski definition) is 4. The molecular weight excluding hydrogens is 332 g/mol. The maximum absolute atomic E-state index is 5.07. The smallest absolute Gasteiger partial charge is 0.0739 e. The highest BCUT2D eigenvalue weighted by Gasteiger charge is 2.22. The topological polar surface area (TPSA) is 42.3 Å². The molecule has 0 amide bonds. The van der Waals surface area contributed by atoms with E-state index in [2.05, 4.69) is 31.2 Å². The minimum absolute atomic E-state index is 0.740. The number of likely N-dealkylation sites (tertiary alicyclic amines) is 1. The Kier molecular flexibility index (Phi) is 6.67. The van der Waals surface area contributed by atoms with E-state index in [1.165, 1.54) is 25.1 Å². The Bertz CT molecular complexity index is 449. The summed E-state index contributed by atoms with van der Waals surface area (Å²) in [5, 5.41) is 7.97. The first-order chi connectivity index (χ1) is 10.1. The number of hydrogen-bond donors (Lipinski definition) is 1. The van der Waals surface area contributed by atoms with Crippen LogP contribution in [-0.2, 0) is 18.3 Å². The lowest BCUT2D eigenvalue weighted by Gasteiger charge is -2.33. The van der Waals surface area contributed by atoms with Crippen molar-refractivity contribution in [3.8, 4) is 0 Å².